The first-order valence-corrected chi connectivity index (χ1v) is 8.15. The standard InChI is InChI=1S/C18H23NO2/c1-18-7-6-11-12(14(18)4-5-17(18)21)3-2-10-8-16(20)15(19)9-13(10)11/h8-9,11-12,14,20H,2-7,19H2,1H3. The number of phenols is 1. The van der Waals surface area contributed by atoms with Gasteiger partial charge in [-0.2, -0.15) is 0 Å². The van der Waals surface area contributed by atoms with Crippen LogP contribution in [0.1, 0.15) is 56.1 Å². The Morgan fingerprint density at radius 1 is 1.24 bits per heavy atom. The van der Waals surface area contributed by atoms with Crippen molar-refractivity contribution in [3.8, 4) is 5.75 Å². The lowest BCUT2D eigenvalue weighted by atomic mass is 9.55. The highest BCUT2D eigenvalue weighted by molar-refractivity contribution is 5.87. The number of aromatic hydroxyl groups is 1. The Morgan fingerprint density at radius 2 is 2.05 bits per heavy atom. The molecular weight excluding hydrogens is 262 g/mol. The molecule has 21 heavy (non-hydrogen) atoms. The average molecular weight is 285 g/mol. The third-order valence-electron chi connectivity index (χ3n) is 6.58. The first kappa shape index (κ1) is 13.2. The van der Waals surface area contributed by atoms with E-state index >= 15 is 0 Å². The van der Waals surface area contributed by atoms with Crippen molar-refractivity contribution < 1.29 is 9.90 Å². The summed E-state index contributed by atoms with van der Waals surface area (Å²) in [5.41, 5.74) is 8.94. The number of hydrogen-bond donors (Lipinski definition) is 2. The van der Waals surface area contributed by atoms with Gasteiger partial charge in [-0.25, -0.2) is 0 Å². The SMILES string of the molecule is CC12CCC3c4cc(N)c(O)cc4CCC3C1CCC2=O. The molecule has 4 unspecified atom stereocenters. The molecule has 0 aromatic heterocycles. The van der Waals surface area contributed by atoms with Crippen molar-refractivity contribution in [3.05, 3.63) is 23.3 Å². The molecule has 2 fully saturated rings. The monoisotopic (exact) mass is 285 g/mol. The maximum absolute atomic E-state index is 12.3. The number of hydrogen-bond acceptors (Lipinski definition) is 3. The second-order valence-electron chi connectivity index (χ2n) is 7.44. The number of ketones is 1. The summed E-state index contributed by atoms with van der Waals surface area (Å²) in [5.74, 6) is 2.39. The van der Waals surface area contributed by atoms with E-state index in [1.807, 2.05) is 12.1 Å². The number of anilines is 1. The maximum atomic E-state index is 12.3. The fourth-order valence-corrected chi connectivity index (χ4v) is 5.40. The highest BCUT2D eigenvalue weighted by Crippen LogP contribution is 2.59. The number of aryl methyl sites for hydroxylation is 1. The normalized spacial score (nSPS) is 37.8. The van der Waals surface area contributed by atoms with E-state index in [2.05, 4.69) is 6.92 Å². The zero-order chi connectivity index (χ0) is 14.8. The molecule has 0 bridgehead atoms. The Morgan fingerprint density at radius 3 is 2.86 bits per heavy atom. The largest absolute Gasteiger partial charge is 0.506 e. The maximum Gasteiger partial charge on any atom is 0.139 e. The van der Waals surface area contributed by atoms with Gasteiger partial charge >= 0.3 is 0 Å². The van der Waals surface area contributed by atoms with E-state index in [9.17, 15) is 9.90 Å². The number of carbonyl (C=O) groups excluding carboxylic acids is 1. The molecule has 3 N–H and O–H groups in total. The van der Waals surface area contributed by atoms with E-state index in [0.29, 0.717) is 29.2 Å². The number of phenolic OH excluding ortho intramolecular Hbond substituents is 1. The number of nitrogens with two attached hydrogens (primary N) is 1. The van der Waals surface area contributed by atoms with Gasteiger partial charge in [0.15, 0.2) is 0 Å². The van der Waals surface area contributed by atoms with Gasteiger partial charge in [-0.15, -0.1) is 0 Å². The smallest absolute Gasteiger partial charge is 0.139 e. The highest BCUT2D eigenvalue weighted by atomic mass is 16.3. The molecule has 3 aliphatic rings. The first-order chi connectivity index (χ1) is 10.0. The summed E-state index contributed by atoms with van der Waals surface area (Å²) in [4.78, 5) is 12.3. The van der Waals surface area contributed by atoms with Crippen molar-refractivity contribution in [2.75, 3.05) is 5.73 Å². The van der Waals surface area contributed by atoms with E-state index in [-0.39, 0.29) is 11.2 Å². The van der Waals surface area contributed by atoms with Crippen LogP contribution in [0.5, 0.6) is 5.75 Å². The van der Waals surface area contributed by atoms with Crippen molar-refractivity contribution in [2.45, 2.75) is 51.4 Å². The molecule has 0 radical (unpaired) electrons. The number of fused-ring (bicyclic) bond motifs is 5. The number of carbonyl (C=O) groups is 1. The quantitative estimate of drug-likeness (QED) is 0.567. The summed E-state index contributed by atoms with van der Waals surface area (Å²) < 4.78 is 0. The van der Waals surface area contributed by atoms with Crippen LogP contribution in [0.2, 0.25) is 0 Å². The predicted molar refractivity (Wildman–Crippen MR) is 82.1 cm³/mol. The summed E-state index contributed by atoms with van der Waals surface area (Å²) in [6.45, 7) is 2.20. The Hall–Kier alpha value is -1.51. The van der Waals surface area contributed by atoms with Gasteiger partial charge in [-0.1, -0.05) is 6.92 Å². The van der Waals surface area contributed by atoms with Crippen LogP contribution in [-0.2, 0) is 11.2 Å². The zero-order valence-corrected chi connectivity index (χ0v) is 12.6. The third-order valence-corrected chi connectivity index (χ3v) is 6.58. The molecule has 3 aliphatic carbocycles. The van der Waals surface area contributed by atoms with Crippen LogP contribution in [-0.4, -0.2) is 10.9 Å². The minimum Gasteiger partial charge on any atom is -0.506 e. The van der Waals surface area contributed by atoms with Crippen molar-refractivity contribution >= 4 is 11.5 Å². The molecule has 1 aromatic carbocycles. The van der Waals surface area contributed by atoms with Crippen LogP contribution >= 0.6 is 0 Å². The number of nitrogen functional groups attached to an aromatic ring is 1. The van der Waals surface area contributed by atoms with Gasteiger partial charge in [0.25, 0.3) is 0 Å². The molecule has 1 aromatic rings. The molecule has 3 nitrogen and oxygen atoms in total. The van der Waals surface area contributed by atoms with Crippen molar-refractivity contribution in [2.24, 2.45) is 17.3 Å². The summed E-state index contributed by atoms with van der Waals surface area (Å²) in [7, 11) is 0. The molecular formula is C18H23NO2. The molecule has 112 valence electrons. The summed E-state index contributed by atoms with van der Waals surface area (Å²) >= 11 is 0. The van der Waals surface area contributed by atoms with Gasteiger partial charge in [-0.3, -0.25) is 4.79 Å². The molecule has 0 heterocycles. The Kier molecular flexibility index (Phi) is 2.66. The molecule has 0 spiro atoms. The lowest BCUT2D eigenvalue weighted by molar-refractivity contribution is -0.129. The zero-order valence-electron chi connectivity index (χ0n) is 12.6. The van der Waals surface area contributed by atoms with Crippen molar-refractivity contribution in [3.63, 3.8) is 0 Å². The van der Waals surface area contributed by atoms with Gasteiger partial charge in [0.2, 0.25) is 0 Å². The fraction of sp³-hybridized carbons (Fsp3) is 0.611. The molecule has 3 heteroatoms. The first-order valence-electron chi connectivity index (χ1n) is 8.15. The fourth-order valence-electron chi connectivity index (χ4n) is 5.40. The van der Waals surface area contributed by atoms with Gasteiger partial charge in [0, 0.05) is 11.8 Å². The molecule has 0 amide bonds. The molecule has 4 atom stereocenters. The average Bonchev–Trinajstić information content (AvgIpc) is 2.76. The minimum absolute atomic E-state index is 0.0683. The van der Waals surface area contributed by atoms with Crippen LogP contribution in [0.15, 0.2) is 12.1 Å². The van der Waals surface area contributed by atoms with Gasteiger partial charge in [0.05, 0.1) is 5.69 Å². The van der Waals surface area contributed by atoms with E-state index in [1.54, 1.807) is 0 Å². The summed E-state index contributed by atoms with van der Waals surface area (Å²) in [5, 5.41) is 9.83. The molecule has 4 rings (SSSR count). The van der Waals surface area contributed by atoms with Gasteiger partial charge < -0.3 is 10.8 Å². The van der Waals surface area contributed by atoms with E-state index in [4.69, 9.17) is 5.73 Å². The van der Waals surface area contributed by atoms with Crippen LogP contribution in [0.25, 0.3) is 0 Å². The summed E-state index contributed by atoms with van der Waals surface area (Å²) in [6, 6.07) is 3.84. The Balaban J connectivity index is 1.75. The van der Waals surface area contributed by atoms with E-state index in [0.717, 1.165) is 38.5 Å². The van der Waals surface area contributed by atoms with Gasteiger partial charge in [0.1, 0.15) is 11.5 Å². The molecule has 0 aliphatic heterocycles. The Bertz CT molecular complexity index is 624. The van der Waals surface area contributed by atoms with Crippen LogP contribution in [0.4, 0.5) is 5.69 Å². The summed E-state index contributed by atoms with van der Waals surface area (Å²) in [6.07, 6.45) is 6.09. The second kappa shape index (κ2) is 4.25. The number of benzene rings is 1. The molecule has 0 saturated heterocycles. The molecule has 2 saturated carbocycles. The Labute approximate surface area is 125 Å². The van der Waals surface area contributed by atoms with Crippen molar-refractivity contribution in [1.29, 1.82) is 0 Å². The number of Topliss-reactive ketones (excluding diaryl/α,β-unsaturated/α-hetero) is 1. The topological polar surface area (TPSA) is 63.3 Å². The number of rotatable bonds is 0. The lowest BCUT2D eigenvalue weighted by Crippen LogP contribution is -2.42. The second-order valence-corrected chi connectivity index (χ2v) is 7.44. The predicted octanol–water partition coefficient (Wildman–Crippen LogP) is 3.40. The lowest BCUT2D eigenvalue weighted by Gasteiger charge is -2.48. The minimum atomic E-state index is -0.0683. The van der Waals surface area contributed by atoms with Crippen LogP contribution in [0.3, 0.4) is 0 Å². The van der Waals surface area contributed by atoms with Crippen LogP contribution in [0, 0.1) is 17.3 Å². The van der Waals surface area contributed by atoms with Crippen molar-refractivity contribution in [1.82, 2.24) is 0 Å². The van der Waals surface area contributed by atoms with E-state index in [1.165, 1.54) is 11.1 Å². The van der Waals surface area contributed by atoms with Gasteiger partial charge in [-0.05, 0) is 73.1 Å². The van der Waals surface area contributed by atoms with E-state index < -0.39 is 0 Å². The highest BCUT2D eigenvalue weighted by Gasteiger charge is 2.54. The third kappa shape index (κ3) is 1.69. The van der Waals surface area contributed by atoms with Crippen LogP contribution < -0.4 is 5.73 Å².